The van der Waals surface area contributed by atoms with Crippen LogP contribution in [0.25, 0.3) is 0 Å². The monoisotopic (exact) mass is 355 g/mol. The topological polar surface area (TPSA) is 54.0 Å². The second kappa shape index (κ2) is 7.86. The number of aryl methyl sites for hydroxylation is 1. The molecule has 3 rings (SSSR count). The fraction of sp³-hybridized carbons (Fsp3) is 0.375. The Bertz CT molecular complexity index is 668. The Hall–Kier alpha value is -1.50. The first-order valence-corrected chi connectivity index (χ1v) is 8.18. The molecule has 1 aliphatic heterocycles. The predicted molar refractivity (Wildman–Crippen MR) is 93.0 cm³/mol. The van der Waals surface area contributed by atoms with Crippen LogP contribution in [-0.4, -0.2) is 23.5 Å². The second-order valence-corrected chi connectivity index (χ2v) is 6.55. The molecule has 0 spiro atoms. The third-order valence-corrected chi connectivity index (χ3v) is 4.85. The zero-order valence-electron chi connectivity index (χ0n) is 12.8. The molecule has 1 amide bonds. The lowest BCUT2D eigenvalue weighted by molar-refractivity contribution is -0.117. The Balaban J connectivity index is 0.00000192. The van der Waals surface area contributed by atoms with Crippen LogP contribution in [0.3, 0.4) is 0 Å². The van der Waals surface area contributed by atoms with E-state index >= 15 is 0 Å². The standard InChI is InChI=1S/C16H18FN3OS.ClH/c1-10-14(9-11-4-6-12(17)7-5-11)22-16(19-10)20-15(21)13-3-2-8-18-13;/h4-7,13,18H,2-3,8-9H2,1H3,(H,19,20,21);1H. The summed E-state index contributed by atoms with van der Waals surface area (Å²) in [6.07, 6.45) is 2.60. The highest BCUT2D eigenvalue weighted by molar-refractivity contribution is 7.15. The van der Waals surface area contributed by atoms with Crippen molar-refractivity contribution < 1.29 is 9.18 Å². The van der Waals surface area contributed by atoms with E-state index in [0.29, 0.717) is 11.6 Å². The van der Waals surface area contributed by atoms with Gasteiger partial charge in [-0.15, -0.1) is 23.7 Å². The molecule has 0 aliphatic carbocycles. The summed E-state index contributed by atoms with van der Waals surface area (Å²) in [6, 6.07) is 6.36. The normalized spacial score (nSPS) is 16.9. The summed E-state index contributed by atoms with van der Waals surface area (Å²) in [7, 11) is 0. The molecule has 2 N–H and O–H groups in total. The Labute approximate surface area is 144 Å². The maximum absolute atomic E-state index is 12.9. The van der Waals surface area contributed by atoms with E-state index in [1.807, 2.05) is 6.92 Å². The summed E-state index contributed by atoms with van der Waals surface area (Å²) in [5.74, 6) is -0.249. The van der Waals surface area contributed by atoms with Gasteiger partial charge in [0, 0.05) is 11.3 Å². The average Bonchev–Trinajstić information content (AvgIpc) is 3.12. The number of halogens is 2. The third kappa shape index (κ3) is 4.50. The fourth-order valence-corrected chi connectivity index (χ4v) is 3.53. The average molecular weight is 356 g/mol. The van der Waals surface area contributed by atoms with Crippen LogP contribution in [0.1, 0.15) is 29.0 Å². The summed E-state index contributed by atoms with van der Waals surface area (Å²) in [6.45, 7) is 2.82. The van der Waals surface area contributed by atoms with Gasteiger partial charge in [-0.25, -0.2) is 9.37 Å². The number of hydrogen-bond donors (Lipinski definition) is 2. The van der Waals surface area contributed by atoms with Crippen molar-refractivity contribution in [3.8, 4) is 0 Å². The first-order chi connectivity index (χ1) is 10.6. The van der Waals surface area contributed by atoms with Crippen LogP contribution in [0, 0.1) is 12.7 Å². The van der Waals surface area contributed by atoms with Gasteiger partial charge in [0.05, 0.1) is 11.7 Å². The van der Waals surface area contributed by atoms with Crippen molar-refractivity contribution in [3.05, 3.63) is 46.2 Å². The Morgan fingerprint density at radius 1 is 1.43 bits per heavy atom. The smallest absolute Gasteiger partial charge is 0.243 e. The van der Waals surface area contributed by atoms with Gasteiger partial charge in [0.25, 0.3) is 0 Å². The highest BCUT2D eigenvalue weighted by Gasteiger charge is 2.23. The summed E-state index contributed by atoms with van der Waals surface area (Å²) < 4.78 is 12.9. The first kappa shape index (κ1) is 17.8. The van der Waals surface area contributed by atoms with Crippen molar-refractivity contribution >= 4 is 34.8 Å². The molecule has 1 aromatic heterocycles. The van der Waals surface area contributed by atoms with Crippen LogP contribution in [0.5, 0.6) is 0 Å². The molecule has 2 heterocycles. The lowest BCUT2D eigenvalue weighted by Gasteiger charge is -2.08. The maximum Gasteiger partial charge on any atom is 0.243 e. The van der Waals surface area contributed by atoms with Crippen LogP contribution in [0.4, 0.5) is 9.52 Å². The largest absolute Gasteiger partial charge is 0.306 e. The van der Waals surface area contributed by atoms with Gasteiger partial charge in [-0.1, -0.05) is 12.1 Å². The number of amides is 1. The molecule has 4 nitrogen and oxygen atoms in total. The molecule has 1 atom stereocenters. The second-order valence-electron chi connectivity index (χ2n) is 5.47. The molecule has 1 aromatic carbocycles. The minimum atomic E-state index is -0.234. The summed E-state index contributed by atoms with van der Waals surface area (Å²) >= 11 is 1.48. The molecule has 0 bridgehead atoms. The Morgan fingerprint density at radius 3 is 2.83 bits per heavy atom. The number of hydrogen-bond acceptors (Lipinski definition) is 4. The van der Waals surface area contributed by atoms with Gasteiger partial charge in [0.1, 0.15) is 5.82 Å². The molecule has 0 radical (unpaired) electrons. The van der Waals surface area contributed by atoms with Crippen molar-refractivity contribution in [2.75, 3.05) is 11.9 Å². The van der Waals surface area contributed by atoms with E-state index in [1.54, 1.807) is 12.1 Å². The molecule has 1 aliphatic rings. The Morgan fingerprint density at radius 2 is 2.17 bits per heavy atom. The van der Waals surface area contributed by atoms with E-state index in [1.165, 1.54) is 23.5 Å². The summed E-state index contributed by atoms with van der Waals surface area (Å²) in [4.78, 5) is 17.6. The van der Waals surface area contributed by atoms with Crippen LogP contribution >= 0.6 is 23.7 Å². The van der Waals surface area contributed by atoms with Gasteiger partial charge >= 0.3 is 0 Å². The number of rotatable bonds is 4. The number of nitrogens with one attached hydrogen (secondary N) is 2. The first-order valence-electron chi connectivity index (χ1n) is 7.37. The van der Waals surface area contributed by atoms with Crippen molar-refractivity contribution in [2.24, 2.45) is 0 Å². The summed E-state index contributed by atoms with van der Waals surface area (Å²) in [5.41, 5.74) is 1.94. The minimum Gasteiger partial charge on any atom is -0.306 e. The van der Waals surface area contributed by atoms with Gasteiger partial charge < -0.3 is 10.6 Å². The van der Waals surface area contributed by atoms with Gasteiger partial charge in [-0.3, -0.25) is 4.79 Å². The van der Waals surface area contributed by atoms with Gasteiger partial charge in [-0.2, -0.15) is 0 Å². The molecular formula is C16H19ClFN3OS. The number of carbonyl (C=O) groups excluding carboxylic acids is 1. The van der Waals surface area contributed by atoms with Gasteiger partial charge in [-0.05, 0) is 44.0 Å². The SMILES string of the molecule is Cc1nc(NC(=O)C2CCCN2)sc1Cc1ccc(F)cc1.Cl. The van der Waals surface area contributed by atoms with Crippen molar-refractivity contribution in [2.45, 2.75) is 32.2 Å². The Kier molecular flexibility index (Phi) is 6.10. The molecule has 1 saturated heterocycles. The maximum atomic E-state index is 12.9. The molecule has 7 heteroatoms. The van der Waals surface area contributed by atoms with E-state index < -0.39 is 0 Å². The van der Waals surface area contributed by atoms with Crippen LogP contribution in [-0.2, 0) is 11.2 Å². The van der Waals surface area contributed by atoms with E-state index in [4.69, 9.17) is 0 Å². The van der Waals surface area contributed by atoms with E-state index in [2.05, 4.69) is 15.6 Å². The van der Waals surface area contributed by atoms with Crippen LogP contribution in [0.2, 0.25) is 0 Å². The highest BCUT2D eigenvalue weighted by Crippen LogP contribution is 2.25. The number of nitrogens with zero attached hydrogens (tertiary/aromatic N) is 1. The highest BCUT2D eigenvalue weighted by atomic mass is 35.5. The van der Waals surface area contributed by atoms with E-state index in [-0.39, 0.29) is 30.2 Å². The molecule has 124 valence electrons. The molecule has 2 aromatic rings. The number of carbonyl (C=O) groups is 1. The van der Waals surface area contributed by atoms with Crippen molar-refractivity contribution in [3.63, 3.8) is 0 Å². The van der Waals surface area contributed by atoms with Crippen LogP contribution in [0.15, 0.2) is 24.3 Å². The zero-order valence-corrected chi connectivity index (χ0v) is 14.4. The lowest BCUT2D eigenvalue weighted by Crippen LogP contribution is -2.35. The molecule has 23 heavy (non-hydrogen) atoms. The third-order valence-electron chi connectivity index (χ3n) is 3.78. The zero-order chi connectivity index (χ0) is 15.5. The molecular weight excluding hydrogens is 337 g/mol. The quantitative estimate of drug-likeness (QED) is 0.884. The van der Waals surface area contributed by atoms with E-state index in [9.17, 15) is 9.18 Å². The van der Waals surface area contributed by atoms with Crippen molar-refractivity contribution in [1.29, 1.82) is 0 Å². The number of aromatic nitrogens is 1. The fourth-order valence-electron chi connectivity index (χ4n) is 2.53. The lowest BCUT2D eigenvalue weighted by atomic mass is 10.1. The summed E-state index contributed by atoms with van der Waals surface area (Å²) in [5, 5.41) is 6.69. The molecule has 1 fully saturated rings. The number of benzene rings is 1. The molecule has 0 saturated carbocycles. The van der Waals surface area contributed by atoms with Gasteiger partial charge in [0.15, 0.2) is 5.13 Å². The van der Waals surface area contributed by atoms with Crippen molar-refractivity contribution in [1.82, 2.24) is 10.3 Å². The van der Waals surface area contributed by atoms with Crippen LogP contribution < -0.4 is 10.6 Å². The number of thiazole rings is 1. The van der Waals surface area contributed by atoms with Gasteiger partial charge in [0.2, 0.25) is 5.91 Å². The minimum absolute atomic E-state index is 0. The number of anilines is 1. The predicted octanol–water partition coefficient (Wildman–Crippen LogP) is 3.29. The molecule has 1 unspecified atom stereocenters. The van der Waals surface area contributed by atoms with E-state index in [0.717, 1.165) is 35.5 Å².